The molecule has 0 aliphatic rings. The highest BCUT2D eigenvalue weighted by Gasteiger charge is 2.15. The first kappa shape index (κ1) is 18.3. The molecule has 3 rings (SSSR count). The molecule has 0 aliphatic heterocycles. The van der Waals surface area contributed by atoms with Gasteiger partial charge in [-0.2, -0.15) is 0 Å². The number of ketones is 1. The number of primary amides is 1. The van der Waals surface area contributed by atoms with Gasteiger partial charge >= 0.3 is 6.03 Å². The Morgan fingerprint density at radius 2 is 1.85 bits per heavy atom. The van der Waals surface area contributed by atoms with Gasteiger partial charge in [0.05, 0.1) is 5.75 Å². The van der Waals surface area contributed by atoms with E-state index in [0.29, 0.717) is 17.1 Å². The van der Waals surface area contributed by atoms with Crippen molar-refractivity contribution in [3.63, 3.8) is 0 Å². The molecule has 134 valence electrons. The molecule has 0 saturated carbocycles. The molecule has 8 heteroatoms. The summed E-state index contributed by atoms with van der Waals surface area (Å²) in [6.45, 7) is 5.99. The SMILES string of the molecule is Cc1nc(SCC(=O)c2ccc(NC(N)=O)cc2)c2c(C)c(C)sc2n1. The van der Waals surface area contributed by atoms with Crippen LogP contribution in [0.5, 0.6) is 0 Å². The second kappa shape index (κ2) is 7.43. The zero-order valence-corrected chi connectivity index (χ0v) is 16.3. The van der Waals surface area contributed by atoms with Crippen molar-refractivity contribution in [2.45, 2.75) is 25.8 Å². The largest absolute Gasteiger partial charge is 0.351 e. The van der Waals surface area contributed by atoms with Gasteiger partial charge in [0, 0.05) is 21.5 Å². The molecule has 2 aromatic heterocycles. The van der Waals surface area contributed by atoms with Crippen molar-refractivity contribution < 1.29 is 9.59 Å². The van der Waals surface area contributed by atoms with Gasteiger partial charge in [0.1, 0.15) is 15.7 Å². The Morgan fingerprint density at radius 3 is 2.50 bits per heavy atom. The highest BCUT2D eigenvalue weighted by molar-refractivity contribution is 8.00. The molecule has 0 saturated heterocycles. The molecule has 0 atom stereocenters. The van der Waals surface area contributed by atoms with E-state index in [4.69, 9.17) is 5.73 Å². The van der Waals surface area contributed by atoms with Crippen LogP contribution in [0.1, 0.15) is 26.6 Å². The number of nitrogens with one attached hydrogen (secondary N) is 1. The van der Waals surface area contributed by atoms with Crippen LogP contribution >= 0.6 is 23.1 Å². The third kappa shape index (κ3) is 3.86. The first-order valence-corrected chi connectivity index (χ1v) is 9.72. The minimum Gasteiger partial charge on any atom is -0.351 e. The van der Waals surface area contributed by atoms with Crippen molar-refractivity contribution >= 4 is 50.8 Å². The van der Waals surface area contributed by atoms with Gasteiger partial charge in [-0.15, -0.1) is 11.3 Å². The third-order valence-electron chi connectivity index (χ3n) is 3.92. The summed E-state index contributed by atoms with van der Waals surface area (Å²) in [7, 11) is 0. The normalized spacial score (nSPS) is 10.9. The standard InChI is InChI=1S/C18H18N4O2S2/c1-9-10(2)26-17-15(9)16(20-11(3)21-17)25-8-14(23)12-4-6-13(7-5-12)22-18(19)24/h4-7H,8H2,1-3H3,(H3,19,22,24). The van der Waals surface area contributed by atoms with Crippen molar-refractivity contribution in [3.8, 4) is 0 Å². The molecule has 0 radical (unpaired) electrons. The molecular weight excluding hydrogens is 368 g/mol. The van der Waals surface area contributed by atoms with E-state index in [0.717, 1.165) is 15.2 Å². The Balaban J connectivity index is 1.77. The molecule has 3 N–H and O–H groups in total. The van der Waals surface area contributed by atoms with Crippen molar-refractivity contribution in [2.24, 2.45) is 5.73 Å². The van der Waals surface area contributed by atoms with E-state index in [-0.39, 0.29) is 11.5 Å². The van der Waals surface area contributed by atoms with Crippen LogP contribution in [0, 0.1) is 20.8 Å². The number of amides is 2. The van der Waals surface area contributed by atoms with Crippen LogP contribution in [0.25, 0.3) is 10.2 Å². The Labute approximate surface area is 159 Å². The number of carbonyl (C=O) groups excluding carboxylic acids is 2. The number of urea groups is 1. The number of Topliss-reactive ketones (excluding diaryl/α,β-unsaturated/α-hetero) is 1. The number of anilines is 1. The van der Waals surface area contributed by atoms with E-state index in [1.54, 1.807) is 35.6 Å². The van der Waals surface area contributed by atoms with Crippen LogP contribution < -0.4 is 11.1 Å². The molecule has 2 heterocycles. The van der Waals surface area contributed by atoms with Crippen molar-refractivity contribution in [1.82, 2.24) is 9.97 Å². The highest BCUT2D eigenvalue weighted by Crippen LogP contribution is 2.35. The average molecular weight is 387 g/mol. The molecule has 3 aromatic rings. The van der Waals surface area contributed by atoms with Gasteiger partial charge in [0.25, 0.3) is 0 Å². The van der Waals surface area contributed by atoms with Gasteiger partial charge in [-0.3, -0.25) is 4.79 Å². The number of benzene rings is 1. The summed E-state index contributed by atoms with van der Waals surface area (Å²) in [6.07, 6.45) is 0. The number of nitrogens with two attached hydrogens (primary N) is 1. The molecule has 0 aliphatic carbocycles. The van der Waals surface area contributed by atoms with Crippen LogP contribution in [0.2, 0.25) is 0 Å². The topological polar surface area (TPSA) is 98.0 Å². The summed E-state index contributed by atoms with van der Waals surface area (Å²) in [5, 5.41) is 4.35. The van der Waals surface area contributed by atoms with Gasteiger partial charge in [0.2, 0.25) is 0 Å². The number of hydrogen-bond donors (Lipinski definition) is 2. The van der Waals surface area contributed by atoms with Gasteiger partial charge in [0.15, 0.2) is 5.78 Å². The van der Waals surface area contributed by atoms with Crippen LogP contribution in [0.3, 0.4) is 0 Å². The van der Waals surface area contributed by atoms with Crippen molar-refractivity contribution in [2.75, 3.05) is 11.1 Å². The fraction of sp³-hybridized carbons (Fsp3) is 0.222. The summed E-state index contributed by atoms with van der Waals surface area (Å²) >= 11 is 3.08. The number of thiophene rings is 1. The zero-order valence-electron chi connectivity index (χ0n) is 14.6. The quantitative estimate of drug-likeness (QED) is 0.391. The molecule has 26 heavy (non-hydrogen) atoms. The minimum atomic E-state index is -0.635. The summed E-state index contributed by atoms with van der Waals surface area (Å²) in [5.74, 6) is 0.980. The summed E-state index contributed by atoms with van der Waals surface area (Å²) in [5.41, 5.74) is 7.37. The molecule has 2 amide bonds. The van der Waals surface area contributed by atoms with Crippen LogP contribution in [-0.4, -0.2) is 27.5 Å². The monoisotopic (exact) mass is 386 g/mol. The Bertz CT molecular complexity index is 997. The maximum absolute atomic E-state index is 12.5. The molecular formula is C18H18N4O2S2. The molecule has 1 aromatic carbocycles. The van der Waals surface area contributed by atoms with Gasteiger partial charge < -0.3 is 11.1 Å². The van der Waals surface area contributed by atoms with E-state index in [2.05, 4.69) is 29.1 Å². The lowest BCUT2D eigenvalue weighted by atomic mass is 10.1. The lowest BCUT2D eigenvalue weighted by molar-refractivity contribution is 0.102. The number of aromatic nitrogens is 2. The van der Waals surface area contributed by atoms with Gasteiger partial charge in [-0.25, -0.2) is 14.8 Å². The smallest absolute Gasteiger partial charge is 0.316 e. The average Bonchev–Trinajstić information content (AvgIpc) is 2.86. The fourth-order valence-electron chi connectivity index (χ4n) is 2.52. The van der Waals surface area contributed by atoms with E-state index in [9.17, 15) is 9.59 Å². The first-order chi connectivity index (χ1) is 12.3. The molecule has 0 bridgehead atoms. The van der Waals surface area contributed by atoms with Gasteiger partial charge in [-0.05, 0) is 50.6 Å². The number of carbonyl (C=O) groups is 2. The van der Waals surface area contributed by atoms with Crippen molar-refractivity contribution in [1.29, 1.82) is 0 Å². The summed E-state index contributed by atoms with van der Waals surface area (Å²) < 4.78 is 0. The first-order valence-electron chi connectivity index (χ1n) is 7.92. The molecule has 0 spiro atoms. The minimum absolute atomic E-state index is 0.00496. The van der Waals surface area contributed by atoms with E-state index in [1.807, 2.05) is 6.92 Å². The maximum Gasteiger partial charge on any atom is 0.316 e. The number of thioether (sulfide) groups is 1. The predicted molar refractivity (Wildman–Crippen MR) is 106 cm³/mol. The Hall–Kier alpha value is -2.45. The second-order valence-corrected chi connectivity index (χ2v) is 7.99. The highest BCUT2D eigenvalue weighted by atomic mass is 32.2. The summed E-state index contributed by atoms with van der Waals surface area (Å²) in [4.78, 5) is 34.5. The number of fused-ring (bicyclic) bond motifs is 1. The Kier molecular flexibility index (Phi) is 5.24. The Morgan fingerprint density at radius 1 is 1.15 bits per heavy atom. The fourth-order valence-corrected chi connectivity index (χ4v) is 4.68. The van der Waals surface area contributed by atoms with Gasteiger partial charge in [-0.1, -0.05) is 11.8 Å². The molecule has 0 unspecified atom stereocenters. The van der Waals surface area contributed by atoms with E-state index >= 15 is 0 Å². The second-order valence-electron chi connectivity index (χ2n) is 5.82. The van der Waals surface area contributed by atoms with Crippen molar-refractivity contribution in [3.05, 3.63) is 46.1 Å². The van der Waals surface area contributed by atoms with Crippen LogP contribution in [0.4, 0.5) is 10.5 Å². The lowest BCUT2D eigenvalue weighted by Crippen LogP contribution is -2.19. The number of hydrogen-bond acceptors (Lipinski definition) is 6. The molecule has 0 fully saturated rings. The number of aryl methyl sites for hydroxylation is 3. The number of nitrogens with zero attached hydrogens (tertiary/aromatic N) is 2. The maximum atomic E-state index is 12.5. The number of rotatable bonds is 5. The van der Waals surface area contributed by atoms with Crippen LogP contribution in [-0.2, 0) is 0 Å². The summed E-state index contributed by atoms with van der Waals surface area (Å²) in [6, 6.07) is 6.03. The zero-order chi connectivity index (χ0) is 18.8. The third-order valence-corrected chi connectivity index (χ3v) is 6.00. The van der Waals surface area contributed by atoms with E-state index in [1.165, 1.54) is 22.2 Å². The molecule has 6 nitrogen and oxygen atoms in total. The predicted octanol–water partition coefficient (Wildman–Crippen LogP) is 4.08. The lowest BCUT2D eigenvalue weighted by Gasteiger charge is -2.06. The van der Waals surface area contributed by atoms with Crippen LogP contribution in [0.15, 0.2) is 29.3 Å². The van der Waals surface area contributed by atoms with E-state index < -0.39 is 6.03 Å².